The molecule has 0 saturated heterocycles. The van der Waals surface area contributed by atoms with Gasteiger partial charge in [0.1, 0.15) is 18.9 Å². The van der Waals surface area contributed by atoms with E-state index >= 15 is 0 Å². The average Bonchev–Trinajstić information content (AvgIpc) is 2.64. The second kappa shape index (κ2) is 13.0. The maximum Gasteiger partial charge on any atom is 0.243 e. The van der Waals surface area contributed by atoms with E-state index in [1.807, 2.05) is 49.2 Å². The van der Waals surface area contributed by atoms with E-state index in [1.165, 1.54) is 4.90 Å². The van der Waals surface area contributed by atoms with Crippen LogP contribution in [0.5, 0.6) is 5.75 Å². The SMILES string of the molecule is CCOCCCNC(=NCC(=O)N(C)C)N(C)CCOc1ccccc1. The molecule has 7 nitrogen and oxygen atoms in total. The van der Waals surface area contributed by atoms with Gasteiger partial charge in [0.15, 0.2) is 5.96 Å². The van der Waals surface area contributed by atoms with E-state index in [2.05, 4.69) is 10.3 Å². The fourth-order valence-electron chi connectivity index (χ4n) is 2.04. The predicted molar refractivity (Wildman–Crippen MR) is 105 cm³/mol. The van der Waals surface area contributed by atoms with E-state index in [4.69, 9.17) is 9.47 Å². The lowest BCUT2D eigenvalue weighted by atomic mass is 10.3. The van der Waals surface area contributed by atoms with Crippen LogP contribution in [0.4, 0.5) is 0 Å². The van der Waals surface area contributed by atoms with Gasteiger partial charge in [-0.15, -0.1) is 0 Å². The van der Waals surface area contributed by atoms with E-state index in [-0.39, 0.29) is 12.5 Å². The lowest BCUT2D eigenvalue weighted by Crippen LogP contribution is -2.42. The third-order valence-electron chi connectivity index (χ3n) is 3.62. The molecule has 0 fully saturated rings. The van der Waals surface area contributed by atoms with E-state index in [0.29, 0.717) is 25.7 Å². The Morgan fingerprint density at radius 1 is 1.15 bits per heavy atom. The van der Waals surface area contributed by atoms with Crippen molar-refractivity contribution in [2.24, 2.45) is 4.99 Å². The molecule has 0 atom stereocenters. The topological polar surface area (TPSA) is 66.4 Å². The lowest BCUT2D eigenvalue weighted by molar-refractivity contribution is -0.127. The first-order chi connectivity index (χ1) is 12.5. The quantitative estimate of drug-likeness (QED) is 0.366. The molecule has 146 valence electrons. The number of ether oxygens (including phenoxy) is 2. The summed E-state index contributed by atoms with van der Waals surface area (Å²) in [5.74, 6) is 1.49. The maximum absolute atomic E-state index is 11.8. The van der Waals surface area contributed by atoms with Crippen molar-refractivity contribution in [3.8, 4) is 5.75 Å². The Bertz CT molecular complexity index is 535. The van der Waals surface area contributed by atoms with Gasteiger partial charge in [0.05, 0.1) is 6.54 Å². The van der Waals surface area contributed by atoms with Gasteiger partial charge in [-0.1, -0.05) is 18.2 Å². The normalized spacial score (nSPS) is 11.2. The summed E-state index contributed by atoms with van der Waals surface area (Å²) in [4.78, 5) is 19.7. The first-order valence-corrected chi connectivity index (χ1v) is 8.99. The second-order valence-corrected chi connectivity index (χ2v) is 5.99. The summed E-state index contributed by atoms with van der Waals surface area (Å²) in [7, 11) is 5.39. The van der Waals surface area contributed by atoms with Gasteiger partial charge in [0.2, 0.25) is 5.91 Å². The molecule has 1 aromatic carbocycles. The summed E-state index contributed by atoms with van der Waals surface area (Å²) in [6.07, 6.45) is 0.878. The zero-order valence-electron chi connectivity index (χ0n) is 16.4. The number of amides is 1. The van der Waals surface area contributed by atoms with Crippen molar-refractivity contribution in [2.45, 2.75) is 13.3 Å². The van der Waals surface area contributed by atoms with Gasteiger partial charge in [-0.25, -0.2) is 4.99 Å². The molecule has 0 aliphatic rings. The fraction of sp³-hybridized carbons (Fsp3) is 0.579. The van der Waals surface area contributed by atoms with Crippen molar-refractivity contribution in [2.75, 3.05) is 60.6 Å². The molecule has 0 aromatic heterocycles. The summed E-state index contributed by atoms with van der Waals surface area (Å²) in [5, 5.41) is 3.29. The summed E-state index contributed by atoms with van der Waals surface area (Å²) >= 11 is 0. The molecule has 1 aromatic rings. The molecular weight excluding hydrogens is 332 g/mol. The molecule has 0 bridgehead atoms. The Labute approximate surface area is 157 Å². The monoisotopic (exact) mass is 364 g/mol. The van der Waals surface area contributed by atoms with Crippen molar-refractivity contribution in [3.63, 3.8) is 0 Å². The van der Waals surface area contributed by atoms with Crippen LogP contribution in [0.1, 0.15) is 13.3 Å². The Balaban J connectivity index is 2.51. The van der Waals surface area contributed by atoms with Gasteiger partial charge in [0, 0.05) is 40.9 Å². The molecule has 1 rings (SSSR count). The molecule has 0 saturated carbocycles. The predicted octanol–water partition coefficient (Wildman–Crippen LogP) is 1.46. The Morgan fingerprint density at radius 2 is 1.88 bits per heavy atom. The molecule has 0 unspecified atom stereocenters. The van der Waals surface area contributed by atoms with Crippen molar-refractivity contribution in [1.82, 2.24) is 15.1 Å². The van der Waals surface area contributed by atoms with Crippen LogP contribution in [-0.2, 0) is 9.53 Å². The smallest absolute Gasteiger partial charge is 0.243 e. The summed E-state index contributed by atoms with van der Waals surface area (Å²) in [6.45, 7) is 5.44. The number of benzene rings is 1. The van der Waals surface area contributed by atoms with Crippen LogP contribution in [0.2, 0.25) is 0 Å². The van der Waals surface area contributed by atoms with Gasteiger partial charge in [-0.05, 0) is 25.5 Å². The van der Waals surface area contributed by atoms with Crippen molar-refractivity contribution >= 4 is 11.9 Å². The number of carbonyl (C=O) groups is 1. The number of carbonyl (C=O) groups excluding carboxylic acids is 1. The molecular formula is C19H32N4O3. The third-order valence-corrected chi connectivity index (χ3v) is 3.62. The standard InChI is InChI=1S/C19H32N4O3/c1-5-25-14-9-12-20-19(21-16-18(24)22(2)3)23(4)13-15-26-17-10-7-6-8-11-17/h6-8,10-11H,5,9,12-16H2,1-4H3,(H,20,21). The Morgan fingerprint density at radius 3 is 2.54 bits per heavy atom. The minimum Gasteiger partial charge on any atom is -0.492 e. The zero-order chi connectivity index (χ0) is 19.2. The first-order valence-electron chi connectivity index (χ1n) is 8.99. The maximum atomic E-state index is 11.8. The van der Waals surface area contributed by atoms with E-state index in [0.717, 1.165) is 25.3 Å². The summed E-state index contributed by atoms with van der Waals surface area (Å²) in [6, 6.07) is 9.70. The largest absolute Gasteiger partial charge is 0.492 e. The van der Waals surface area contributed by atoms with Crippen LogP contribution in [0.25, 0.3) is 0 Å². The van der Waals surface area contributed by atoms with Crippen LogP contribution < -0.4 is 10.1 Å². The number of rotatable bonds is 11. The van der Waals surface area contributed by atoms with Crippen LogP contribution in [0.15, 0.2) is 35.3 Å². The number of hydrogen-bond donors (Lipinski definition) is 1. The molecule has 0 heterocycles. The number of likely N-dealkylation sites (N-methyl/N-ethyl adjacent to an activating group) is 2. The van der Waals surface area contributed by atoms with Gasteiger partial charge in [0.25, 0.3) is 0 Å². The molecule has 26 heavy (non-hydrogen) atoms. The number of guanidine groups is 1. The van der Waals surface area contributed by atoms with Gasteiger partial charge < -0.3 is 24.6 Å². The molecule has 1 N–H and O–H groups in total. The lowest BCUT2D eigenvalue weighted by Gasteiger charge is -2.23. The number of nitrogens with zero attached hydrogens (tertiary/aromatic N) is 3. The minimum absolute atomic E-state index is 0.0347. The minimum atomic E-state index is -0.0347. The summed E-state index contributed by atoms with van der Waals surface area (Å²) in [5.41, 5.74) is 0. The molecule has 0 aliphatic carbocycles. The van der Waals surface area contributed by atoms with Crippen LogP contribution in [0, 0.1) is 0 Å². The average molecular weight is 364 g/mol. The number of nitrogens with one attached hydrogen (secondary N) is 1. The van der Waals surface area contributed by atoms with Crippen LogP contribution >= 0.6 is 0 Å². The highest BCUT2D eigenvalue weighted by molar-refractivity contribution is 5.84. The molecule has 1 amide bonds. The van der Waals surface area contributed by atoms with E-state index < -0.39 is 0 Å². The van der Waals surface area contributed by atoms with E-state index in [1.54, 1.807) is 14.1 Å². The van der Waals surface area contributed by atoms with Gasteiger partial charge in [-0.3, -0.25) is 4.79 Å². The third kappa shape index (κ3) is 9.27. The van der Waals surface area contributed by atoms with Crippen molar-refractivity contribution < 1.29 is 14.3 Å². The van der Waals surface area contributed by atoms with E-state index in [9.17, 15) is 4.79 Å². The Kier molecular flexibility index (Phi) is 10.9. The number of hydrogen-bond acceptors (Lipinski definition) is 4. The zero-order valence-corrected chi connectivity index (χ0v) is 16.4. The Hall–Kier alpha value is -2.28. The van der Waals surface area contributed by atoms with Gasteiger partial charge in [-0.2, -0.15) is 0 Å². The second-order valence-electron chi connectivity index (χ2n) is 5.99. The number of aliphatic imine (C=N–C) groups is 1. The molecule has 0 aliphatic heterocycles. The van der Waals surface area contributed by atoms with Crippen LogP contribution in [0.3, 0.4) is 0 Å². The molecule has 0 spiro atoms. The highest BCUT2D eigenvalue weighted by Gasteiger charge is 2.09. The highest BCUT2D eigenvalue weighted by atomic mass is 16.5. The summed E-state index contributed by atoms with van der Waals surface area (Å²) < 4.78 is 11.1. The highest BCUT2D eigenvalue weighted by Crippen LogP contribution is 2.07. The van der Waals surface area contributed by atoms with Gasteiger partial charge >= 0.3 is 0 Å². The fourth-order valence-corrected chi connectivity index (χ4v) is 2.04. The number of para-hydroxylation sites is 1. The van der Waals surface area contributed by atoms with Crippen molar-refractivity contribution in [1.29, 1.82) is 0 Å². The molecule has 7 heteroatoms. The van der Waals surface area contributed by atoms with Crippen molar-refractivity contribution in [3.05, 3.63) is 30.3 Å². The first kappa shape index (κ1) is 21.8. The molecule has 0 radical (unpaired) electrons. The van der Waals surface area contributed by atoms with Crippen LogP contribution in [-0.4, -0.2) is 82.3 Å².